The minimum absolute atomic E-state index is 0.156. The van der Waals surface area contributed by atoms with Gasteiger partial charge in [-0.05, 0) is 38.5 Å². The topological polar surface area (TPSA) is 93.1 Å². The van der Waals surface area contributed by atoms with E-state index >= 15 is 0 Å². The molecule has 0 atom stereocenters. The zero-order chi connectivity index (χ0) is 26.4. The molecule has 0 bridgehead atoms. The Morgan fingerprint density at radius 2 is 0.611 bits per heavy atom. The van der Waals surface area contributed by atoms with Gasteiger partial charge in [0.1, 0.15) is 0 Å². The van der Waals surface area contributed by atoms with E-state index in [1.165, 1.54) is 77.0 Å². The molecule has 0 aliphatic carbocycles. The molecule has 2 N–H and O–H groups in total. The van der Waals surface area contributed by atoms with Gasteiger partial charge in [0.15, 0.2) is 0 Å². The molecule has 0 aromatic rings. The SMILES string of the molecule is O=C(CCCCC(=O)OCCCCCCCCCCCCO)OCCCCCCCCCCCCO. The van der Waals surface area contributed by atoms with E-state index in [9.17, 15) is 9.59 Å². The van der Waals surface area contributed by atoms with Gasteiger partial charge in [-0.25, -0.2) is 0 Å². The van der Waals surface area contributed by atoms with Crippen molar-refractivity contribution in [3.8, 4) is 0 Å². The van der Waals surface area contributed by atoms with Crippen LogP contribution in [0.1, 0.15) is 154 Å². The Bertz CT molecular complexity index is 426. The van der Waals surface area contributed by atoms with Crippen molar-refractivity contribution in [3.63, 3.8) is 0 Å². The van der Waals surface area contributed by atoms with Crippen LogP contribution >= 0.6 is 0 Å². The smallest absolute Gasteiger partial charge is 0.305 e. The van der Waals surface area contributed by atoms with E-state index in [-0.39, 0.29) is 11.9 Å². The molecule has 0 aliphatic rings. The number of hydrogen-bond acceptors (Lipinski definition) is 6. The summed E-state index contributed by atoms with van der Waals surface area (Å²) >= 11 is 0. The molecular weight excluding hydrogens is 456 g/mol. The molecule has 6 nitrogen and oxygen atoms in total. The van der Waals surface area contributed by atoms with Crippen LogP contribution in [0.25, 0.3) is 0 Å². The van der Waals surface area contributed by atoms with Gasteiger partial charge in [-0.1, -0.05) is 103 Å². The number of esters is 2. The van der Waals surface area contributed by atoms with Crippen molar-refractivity contribution in [2.75, 3.05) is 26.4 Å². The van der Waals surface area contributed by atoms with Crippen molar-refractivity contribution >= 4 is 11.9 Å². The van der Waals surface area contributed by atoms with Gasteiger partial charge in [0.05, 0.1) is 13.2 Å². The zero-order valence-corrected chi connectivity index (χ0v) is 23.3. The van der Waals surface area contributed by atoms with Gasteiger partial charge in [-0.15, -0.1) is 0 Å². The Morgan fingerprint density at radius 1 is 0.361 bits per heavy atom. The molecule has 0 unspecified atom stereocenters. The van der Waals surface area contributed by atoms with E-state index in [2.05, 4.69) is 0 Å². The highest BCUT2D eigenvalue weighted by molar-refractivity contribution is 5.70. The highest BCUT2D eigenvalue weighted by Gasteiger charge is 2.06. The van der Waals surface area contributed by atoms with Crippen LogP contribution in [0.5, 0.6) is 0 Å². The summed E-state index contributed by atoms with van der Waals surface area (Å²) in [5.74, 6) is -0.312. The Kier molecular flexibility index (Phi) is 29.1. The maximum atomic E-state index is 11.8. The van der Waals surface area contributed by atoms with E-state index in [0.29, 0.717) is 52.1 Å². The number of ether oxygens (including phenoxy) is 2. The first kappa shape index (κ1) is 34.9. The maximum absolute atomic E-state index is 11.8. The van der Waals surface area contributed by atoms with Crippen LogP contribution < -0.4 is 0 Å². The van der Waals surface area contributed by atoms with Gasteiger partial charge in [0, 0.05) is 26.1 Å². The maximum Gasteiger partial charge on any atom is 0.305 e. The van der Waals surface area contributed by atoms with Crippen LogP contribution in [0.3, 0.4) is 0 Å². The molecule has 0 fully saturated rings. The second kappa shape index (κ2) is 30.1. The number of rotatable bonds is 29. The monoisotopic (exact) mass is 514 g/mol. The first-order chi connectivity index (χ1) is 17.7. The summed E-state index contributed by atoms with van der Waals surface area (Å²) in [6.45, 7) is 1.64. The molecule has 0 aromatic carbocycles. The summed E-state index contributed by atoms with van der Waals surface area (Å²) in [5.41, 5.74) is 0. The van der Waals surface area contributed by atoms with Crippen LogP contribution in [0.15, 0.2) is 0 Å². The molecule has 214 valence electrons. The molecule has 0 aliphatic heterocycles. The molecule has 0 spiro atoms. The number of carbonyl (C=O) groups is 2. The lowest BCUT2D eigenvalue weighted by Crippen LogP contribution is -2.08. The lowest BCUT2D eigenvalue weighted by Gasteiger charge is -2.06. The summed E-state index contributed by atoms with van der Waals surface area (Å²) in [6.07, 6.45) is 25.3. The van der Waals surface area contributed by atoms with Crippen LogP contribution in [0.4, 0.5) is 0 Å². The molecule has 0 rings (SSSR count). The van der Waals surface area contributed by atoms with Crippen molar-refractivity contribution in [2.45, 2.75) is 154 Å². The summed E-state index contributed by atoms with van der Waals surface area (Å²) < 4.78 is 10.6. The molecule has 0 heterocycles. The van der Waals surface area contributed by atoms with Crippen LogP contribution in [-0.2, 0) is 19.1 Å². The summed E-state index contributed by atoms with van der Waals surface area (Å²) in [5, 5.41) is 17.5. The number of carbonyl (C=O) groups excluding carboxylic acids is 2. The average molecular weight is 515 g/mol. The molecule has 0 saturated heterocycles. The van der Waals surface area contributed by atoms with Gasteiger partial charge in [0.25, 0.3) is 0 Å². The fourth-order valence-corrected chi connectivity index (χ4v) is 4.31. The quantitative estimate of drug-likeness (QED) is 0.0797. The Balaban J connectivity index is 3.27. The minimum atomic E-state index is -0.156. The Morgan fingerprint density at radius 3 is 0.889 bits per heavy atom. The normalized spacial score (nSPS) is 11.1. The number of aliphatic hydroxyl groups is 2. The molecule has 0 saturated carbocycles. The van der Waals surface area contributed by atoms with Crippen LogP contribution in [0, 0.1) is 0 Å². The predicted octanol–water partition coefficient (Wildman–Crippen LogP) is 7.42. The third kappa shape index (κ3) is 29.1. The van der Waals surface area contributed by atoms with Crippen molar-refractivity contribution in [1.29, 1.82) is 0 Å². The van der Waals surface area contributed by atoms with Gasteiger partial charge in [-0.3, -0.25) is 9.59 Å². The predicted molar refractivity (Wildman–Crippen MR) is 147 cm³/mol. The second-order valence-electron chi connectivity index (χ2n) is 10.2. The lowest BCUT2D eigenvalue weighted by molar-refractivity contribution is -0.146. The molecule has 0 amide bonds. The van der Waals surface area contributed by atoms with Gasteiger partial charge < -0.3 is 19.7 Å². The average Bonchev–Trinajstić information content (AvgIpc) is 2.88. The number of aliphatic hydroxyl groups excluding tert-OH is 2. The Labute approximate surface area is 221 Å². The van der Waals surface area contributed by atoms with Gasteiger partial charge >= 0.3 is 11.9 Å². The molecule has 6 heteroatoms. The lowest BCUT2D eigenvalue weighted by atomic mass is 10.1. The van der Waals surface area contributed by atoms with E-state index in [1.54, 1.807) is 0 Å². The highest BCUT2D eigenvalue weighted by atomic mass is 16.5. The number of hydrogen-bond donors (Lipinski definition) is 2. The third-order valence-corrected chi connectivity index (χ3v) is 6.64. The largest absolute Gasteiger partial charge is 0.466 e. The summed E-state index contributed by atoms with van der Waals surface area (Å²) in [6, 6.07) is 0. The van der Waals surface area contributed by atoms with Crippen molar-refractivity contribution in [3.05, 3.63) is 0 Å². The highest BCUT2D eigenvalue weighted by Crippen LogP contribution is 2.12. The Hall–Kier alpha value is -1.14. The summed E-state index contributed by atoms with van der Waals surface area (Å²) in [7, 11) is 0. The first-order valence-corrected chi connectivity index (χ1v) is 15.2. The van der Waals surface area contributed by atoms with Crippen molar-refractivity contribution in [1.82, 2.24) is 0 Å². The fraction of sp³-hybridized carbons (Fsp3) is 0.933. The molecule has 0 aromatic heterocycles. The van der Waals surface area contributed by atoms with E-state index in [0.717, 1.165) is 51.4 Å². The van der Waals surface area contributed by atoms with E-state index < -0.39 is 0 Å². The summed E-state index contributed by atoms with van der Waals surface area (Å²) in [4.78, 5) is 23.6. The van der Waals surface area contributed by atoms with Gasteiger partial charge in [-0.2, -0.15) is 0 Å². The molecular formula is C30H58O6. The number of unbranched alkanes of at least 4 members (excludes halogenated alkanes) is 19. The minimum Gasteiger partial charge on any atom is -0.466 e. The van der Waals surface area contributed by atoms with E-state index in [4.69, 9.17) is 19.7 Å². The molecule has 36 heavy (non-hydrogen) atoms. The standard InChI is InChI=1S/C30H58O6/c31-25-19-13-9-5-1-3-7-11-15-21-27-35-29(33)23-17-18-24-30(34)36-28-22-16-12-8-4-2-6-10-14-20-26-32/h31-32H,1-28H2. The molecule has 0 radical (unpaired) electrons. The zero-order valence-electron chi connectivity index (χ0n) is 23.3. The first-order valence-electron chi connectivity index (χ1n) is 15.2. The second-order valence-corrected chi connectivity index (χ2v) is 10.2. The van der Waals surface area contributed by atoms with Crippen LogP contribution in [0.2, 0.25) is 0 Å². The van der Waals surface area contributed by atoms with E-state index in [1.807, 2.05) is 0 Å². The van der Waals surface area contributed by atoms with Gasteiger partial charge in [0.2, 0.25) is 0 Å². The van der Waals surface area contributed by atoms with Crippen molar-refractivity contribution in [2.24, 2.45) is 0 Å². The fourth-order valence-electron chi connectivity index (χ4n) is 4.31. The van der Waals surface area contributed by atoms with Crippen molar-refractivity contribution < 1.29 is 29.3 Å². The third-order valence-electron chi connectivity index (χ3n) is 6.64. The van der Waals surface area contributed by atoms with Crippen LogP contribution in [-0.4, -0.2) is 48.6 Å².